The van der Waals surface area contributed by atoms with Crippen molar-refractivity contribution < 1.29 is 66.3 Å². The molecule has 0 unspecified atom stereocenters. The van der Waals surface area contributed by atoms with Crippen molar-refractivity contribution in [2.24, 2.45) is 28.6 Å². The third-order valence-corrected chi connectivity index (χ3v) is 12.6. The minimum Gasteiger partial charge on any atom is -0.472 e. The maximum atomic E-state index is 14.3. The first kappa shape index (κ1) is 36.6. The monoisotopic (exact) mass is 714 g/mol. The van der Waals surface area contributed by atoms with Crippen molar-refractivity contribution in [1.82, 2.24) is 0 Å². The fourth-order valence-corrected chi connectivity index (χ4v) is 10.1. The molecule has 3 saturated heterocycles. The van der Waals surface area contributed by atoms with Crippen LogP contribution in [0.2, 0.25) is 0 Å². The lowest BCUT2D eigenvalue weighted by molar-refractivity contribution is -0.230. The number of cyclic esters (lactones) is 1. The lowest BCUT2D eigenvalue weighted by Gasteiger charge is -2.60. The van der Waals surface area contributed by atoms with E-state index in [1.165, 1.54) is 20.1 Å². The zero-order valence-corrected chi connectivity index (χ0v) is 30.0. The van der Waals surface area contributed by atoms with Gasteiger partial charge in [-0.2, -0.15) is 0 Å². The smallest absolute Gasteiger partial charge is 0.348 e. The standard InChI is InChI=1S/C37H46O14/c1-9-18(2)30(48-21(5)40)33(43)49-32-31(46-17-38)29(19(3)37-26(50-37)12-23(36(32,37)8)22-10-11-44-15-22)35(7)24-13-28(42)51-34(24,6)16-45-27(41)14-25(35)47-20(4)39/h10-11,15,17-18,23-26,29-32H,3,9,12-14,16H2,1-2,4-8H3/t18-,23+,24+,25+,26-,29-,30-,31-,32+,34-,35-,36-,37-/m1/s1. The van der Waals surface area contributed by atoms with Crippen molar-refractivity contribution in [3.05, 3.63) is 36.3 Å². The van der Waals surface area contributed by atoms with Crippen LogP contribution in [0.5, 0.6) is 0 Å². The first-order valence-electron chi connectivity index (χ1n) is 17.4. The van der Waals surface area contributed by atoms with Crippen LogP contribution >= 0.6 is 0 Å². The number of ether oxygens (including phenoxy) is 7. The second kappa shape index (κ2) is 12.8. The minimum atomic E-state index is -1.44. The molecule has 0 aromatic carbocycles. The molecular weight excluding hydrogens is 668 g/mol. The Kier molecular flexibility index (Phi) is 9.17. The molecule has 4 heterocycles. The van der Waals surface area contributed by atoms with Crippen LogP contribution in [-0.2, 0) is 61.9 Å². The fourth-order valence-electron chi connectivity index (χ4n) is 10.1. The second-order valence-corrected chi connectivity index (χ2v) is 15.3. The summed E-state index contributed by atoms with van der Waals surface area (Å²) in [5.74, 6) is -6.13. The lowest BCUT2D eigenvalue weighted by Crippen LogP contribution is -2.69. The van der Waals surface area contributed by atoms with Gasteiger partial charge in [0.2, 0.25) is 6.10 Å². The molecule has 5 fully saturated rings. The van der Waals surface area contributed by atoms with Crippen molar-refractivity contribution in [3.63, 3.8) is 0 Å². The third kappa shape index (κ3) is 5.46. The van der Waals surface area contributed by atoms with Crippen LogP contribution < -0.4 is 0 Å². The first-order valence-corrected chi connectivity index (χ1v) is 17.4. The van der Waals surface area contributed by atoms with E-state index >= 15 is 0 Å². The normalized spacial score (nSPS) is 40.8. The highest BCUT2D eigenvalue weighted by Gasteiger charge is 2.85. The van der Waals surface area contributed by atoms with Gasteiger partial charge in [0.1, 0.15) is 36.1 Å². The van der Waals surface area contributed by atoms with Crippen molar-refractivity contribution >= 4 is 36.3 Å². The average Bonchev–Trinajstić information content (AvgIpc) is 3.30. The topological polar surface area (TPSA) is 183 Å². The quantitative estimate of drug-likeness (QED) is 0.112. The lowest BCUT2D eigenvalue weighted by atomic mass is 9.47. The molecule has 14 nitrogen and oxygen atoms in total. The number of esters is 5. The zero-order valence-electron chi connectivity index (χ0n) is 30.0. The van der Waals surface area contributed by atoms with Crippen molar-refractivity contribution in [2.45, 2.75) is 122 Å². The summed E-state index contributed by atoms with van der Waals surface area (Å²) >= 11 is 0. The molecule has 14 heteroatoms. The Morgan fingerprint density at radius 1 is 1.08 bits per heavy atom. The average molecular weight is 715 g/mol. The number of fused-ring (bicyclic) bond motifs is 1. The van der Waals surface area contributed by atoms with Gasteiger partial charge in [-0.05, 0) is 37.0 Å². The Bertz CT molecular complexity index is 1620. The maximum absolute atomic E-state index is 14.3. The molecule has 51 heavy (non-hydrogen) atoms. The molecule has 1 aromatic rings. The minimum absolute atomic E-state index is 0.154. The van der Waals surface area contributed by atoms with E-state index in [-0.39, 0.29) is 25.4 Å². The maximum Gasteiger partial charge on any atom is 0.348 e. The number of hydrogen-bond acceptors (Lipinski definition) is 14. The molecule has 5 aliphatic rings. The highest BCUT2D eigenvalue weighted by atomic mass is 16.6. The molecule has 13 atom stereocenters. The van der Waals surface area contributed by atoms with Crippen LogP contribution in [0.25, 0.3) is 0 Å². The Morgan fingerprint density at radius 2 is 1.80 bits per heavy atom. The van der Waals surface area contributed by atoms with Gasteiger partial charge in [-0.3, -0.25) is 24.0 Å². The summed E-state index contributed by atoms with van der Waals surface area (Å²) in [7, 11) is 0. The molecule has 1 spiro atoms. The SMILES string of the molecule is C=C1[C@@H]([C@@]2(C)[C@@H](OC(C)=O)CC(=O)OC[C@@]3(C)OC(=O)C[C@H]23)[C@@H](OC=O)[C@H](OC(=O)[C@H](OC(C)=O)[C@H](C)CC)[C@@]2(C)[C@H](c3ccoc3)C[C@H]3O[C@]132. The van der Waals surface area contributed by atoms with Gasteiger partial charge in [-0.25, -0.2) is 4.79 Å². The van der Waals surface area contributed by atoms with E-state index in [2.05, 4.69) is 6.58 Å². The summed E-state index contributed by atoms with van der Waals surface area (Å²) in [6.07, 6.45) is -2.04. The van der Waals surface area contributed by atoms with Crippen LogP contribution in [0.1, 0.15) is 85.6 Å². The van der Waals surface area contributed by atoms with Crippen LogP contribution in [0.15, 0.2) is 35.2 Å². The van der Waals surface area contributed by atoms with Crippen LogP contribution in [0.4, 0.5) is 0 Å². The molecule has 0 N–H and O–H groups in total. The second-order valence-electron chi connectivity index (χ2n) is 15.3. The van der Waals surface area contributed by atoms with Gasteiger partial charge in [0, 0.05) is 42.9 Å². The van der Waals surface area contributed by atoms with E-state index in [4.69, 9.17) is 37.6 Å². The van der Waals surface area contributed by atoms with Gasteiger partial charge in [0.15, 0.2) is 0 Å². The van der Waals surface area contributed by atoms with Gasteiger partial charge < -0.3 is 37.6 Å². The van der Waals surface area contributed by atoms with E-state index in [0.29, 0.717) is 18.4 Å². The summed E-state index contributed by atoms with van der Waals surface area (Å²) in [6.45, 7) is 15.8. The van der Waals surface area contributed by atoms with E-state index in [1.54, 1.807) is 27.0 Å². The summed E-state index contributed by atoms with van der Waals surface area (Å²) in [5, 5.41) is 0. The number of carbonyl (C=O) groups excluding carboxylic acids is 6. The van der Waals surface area contributed by atoms with E-state index in [1.807, 2.05) is 19.9 Å². The van der Waals surface area contributed by atoms with Crippen molar-refractivity contribution in [2.75, 3.05) is 6.61 Å². The third-order valence-electron chi connectivity index (χ3n) is 12.6. The Morgan fingerprint density at radius 3 is 2.41 bits per heavy atom. The summed E-state index contributed by atoms with van der Waals surface area (Å²) in [4.78, 5) is 78.2. The number of carbonyl (C=O) groups is 6. The van der Waals surface area contributed by atoms with Crippen LogP contribution in [0.3, 0.4) is 0 Å². The molecule has 0 bridgehead atoms. The molecule has 2 aliphatic carbocycles. The molecule has 0 amide bonds. The van der Waals surface area contributed by atoms with Crippen molar-refractivity contribution in [1.29, 1.82) is 0 Å². The number of rotatable bonds is 10. The van der Waals surface area contributed by atoms with Crippen LogP contribution in [0, 0.1) is 28.6 Å². The highest BCUT2D eigenvalue weighted by molar-refractivity contribution is 5.79. The molecule has 6 rings (SSSR count). The molecule has 0 radical (unpaired) electrons. The van der Waals surface area contributed by atoms with Crippen molar-refractivity contribution in [3.8, 4) is 0 Å². The summed E-state index contributed by atoms with van der Waals surface area (Å²) in [6, 6.07) is 1.81. The predicted octanol–water partition coefficient (Wildman–Crippen LogP) is 3.73. The zero-order chi connectivity index (χ0) is 37.3. The van der Waals surface area contributed by atoms with Gasteiger partial charge in [-0.15, -0.1) is 0 Å². The largest absolute Gasteiger partial charge is 0.472 e. The summed E-state index contributed by atoms with van der Waals surface area (Å²) in [5.41, 5.74) is -3.88. The molecule has 278 valence electrons. The van der Waals surface area contributed by atoms with E-state index in [0.717, 1.165) is 5.56 Å². The van der Waals surface area contributed by atoms with E-state index < -0.39 is 107 Å². The first-order chi connectivity index (χ1) is 24.0. The molecular formula is C37H46O14. The highest BCUT2D eigenvalue weighted by Crippen LogP contribution is 2.76. The van der Waals surface area contributed by atoms with E-state index in [9.17, 15) is 28.8 Å². The Balaban J connectivity index is 1.58. The predicted molar refractivity (Wildman–Crippen MR) is 172 cm³/mol. The van der Waals surface area contributed by atoms with Gasteiger partial charge in [0.25, 0.3) is 6.47 Å². The van der Waals surface area contributed by atoms with Crippen LogP contribution in [-0.4, -0.2) is 84.6 Å². The number of furan rings is 1. The van der Waals surface area contributed by atoms with Gasteiger partial charge in [0.05, 0.1) is 36.9 Å². The Hall–Kier alpha value is -4.20. The molecule has 3 aliphatic heterocycles. The summed E-state index contributed by atoms with van der Waals surface area (Å²) < 4.78 is 47.4. The Labute approximate surface area is 295 Å². The fraction of sp³-hybridized carbons (Fsp3) is 0.676. The van der Waals surface area contributed by atoms with Gasteiger partial charge in [-0.1, -0.05) is 34.3 Å². The van der Waals surface area contributed by atoms with Gasteiger partial charge >= 0.3 is 29.8 Å². The molecule has 2 saturated carbocycles. The number of hydrogen-bond donors (Lipinski definition) is 0. The number of epoxide rings is 1. The molecule has 1 aromatic heterocycles.